The third-order valence-corrected chi connectivity index (χ3v) is 5.04. The van der Waals surface area contributed by atoms with Crippen molar-refractivity contribution >= 4 is 19.0 Å². The quantitative estimate of drug-likeness (QED) is 0.392. The smallest absolute Gasteiger partial charge is 0.256 e. The number of aldehydes is 2. The van der Waals surface area contributed by atoms with E-state index in [1.54, 1.807) is 31.4 Å². The number of primary amides is 1. The van der Waals surface area contributed by atoms with Gasteiger partial charge in [-0.3, -0.25) is 14.4 Å². The standard InChI is InChI=1S/C21H21F2N3O3.C3H8O.C2H6.CH3NO/c1-25(2)9-8-20(29,14-28)7-6-15-4-3-5-16(10-15)26-12-17(19(13-27)24-26)18-11-21(18,22)23;1-3-4-2;1-2;2-1-3/h3-5,10,12-14,18,29H,8-9,11H2,1-2H3;3H2,1-2H3;1-2H3;1H,(H2,2,3). The van der Waals surface area contributed by atoms with Crippen molar-refractivity contribution in [2.75, 3.05) is 34.4 Å². The molecule has 0 radical (unpaired) electrons. The maximum atomic E-state index is 13.4. The second-order valence-corrected chi connectivity index (χ2v) is 8.16. The first-order chi connectivity index (χ1) is 18.0. The maximum absolute atomic E-state index is 13.4. The highest BCUT2D eigenvalue weighted by atomic mass is 19.3. The Balaban J connectivity index is 0.00000134. The van der Waals surface area contributed by atoms with E-state index in [4.69, 9.17) is 4.79 Å². The number of rotatable bonds is 8. The maximum Gasteiger partial charge on any atom is 0.256 e. The first kappa shape index (κ1) is 34.5. The minimum Gasteiger partial charge on any atom is -0.385 e. The fourth-order valence-electron chi connectivity index (χ4n) is 2.90. The lowest BCUT2D eigenvalue weighted by Gasteiger charge is -2.17. The molecule has 2 atom stereocenters. The molecule has 1 aliphatic rings. The average Bonchev–Trinajstić information content (AvgIpc) is 3.34. The zero-order valence-electron chi connectivity index (χ0n) is 22.8. The first-order valence-electron chi connectivity index (χ1n) is 12.0. The Morgan fingerprint density at radius 2 is 1.89 bits per heavy atom. The molecule has 1 aliphatic carbocycles. The highest BCUT2D eigenvalue weighted by Crippen LogP contribution is 2.56. The van der Waals surface area contributed by atoms with Crippen LogP contribution in [0.25, 0.3) is 5.69 Å². The third-order valence-electron chi connectivity index (χ3n) is 5.04. The van der Waals surface area contributed by atoms with Crippen LogP contribution in [0.3, 0.4) is 0 Å². The molecule has 1 heterocycles. The van der Waals surface area contributed by atoms with Crippen molar-refractivity contribution in [2.24, 2.45) is 5.73 Å². The second kappa shape index (κ2) is 17.1. The molecular formula is C27H38F2N4O5. The van der Waals surface area contributed by atoms with E-state index in [1.807, 2.05) is 39.8 Å². The zero-order valence-corrected chi connectivity index (χ0v) is 22.8. The van der Waals surface area contributed by atoms with Gasteiger partial charge in [0.25, 0.3) is 5.92 Å². The Morgan fingerprint density at radius 3 is 2.34 bits per heavy atom. The SMILES string of the molecule is CC.CCOC.CN(C)CCC(O)(C#Cc1cccc(-n2cc(C3CC3(F)F)c(C=O)n2)c1)C=O.NC=O. The lowest BCUT2D eigenvalue weighted by molar-refractivity contribution is -0.119. The lowest BCUT2D eigenvalue weighted by Crippen LogP contribution is -2.33. The third kappa shape index (κ3) is 11.3. The molecule has 0 aliphatic heterocycles. The number of nitrogens with zero attached hydrogens (tertiary/aromatic N) is 3. The van der Waals surface area contributed by atoms with Gasteiger partial charge in [0, 0.05) is 50.4 Å². The summed E-state index contributed by atoms with van der Waals surface area (Å²) in [5.41, 5.74) is 3.65. The van der Waals surface area contributed by atoms with Gasteiger partial charge in [-0.2, -0.15) is 5.10 Å². The van der Waals surface area contributed by atoms with Gasteiger partial charge in [0.1, 0.15) is 5.69 Å². The largest absolute Gasteiger partial charge is 0.385 e. The van der Waals surface area contributed by atoms with Crippen LogP contribution in [0.2, 0.25) is 0 Å². The number of aromatic nitrogens is 2. The predicted octanol–water partition coefficient (Wildman–Crippen LogP) is 2.82. The molecule has 2 unspecified atom stereocenters. The molecule has 1 aromatic heterocycles. The van der Waals surface area contributed by atoms with Gasteiger partial charge in [-0.1, -0.05) is 31.8 Å². The predicted molar refractivity (Wildman–Crippen MR) is 141 cm³/mol. The number of halogens is 2. The van der Waals surface area contributed by atoms with Gasteiger partial charge in [-0.05, 0) is 39.2 Å². The molecule has 11 heteroatoms. The molecule has 1 aromatic carbocycles. The van der Waals surface area contributed by atoms with Crippen LogP contribution in [0, 0.1) is 11.8 Å². The number of carbonyl (C=O) groups is 3. The summed E-state index contributed by atoms with van der Waals surface area (Å²) >= 11 is 0. The first-order valence-corrected chi connectivity index (χ1v) is 12.0. The van der Waals surface area contributed by atoms with Crippen LogP contribution in [0.4, 0.5) is 8.78 Å². The topological polar surface area (TPSA) is 128 Å². The number of ether oxygens (including phenoxy) is 1. The molecule has 38 heavy (non-hydrogen) atoms. The van der Waals surface area contributed by atoms with Crippen molar-refractivity contribution in [1.29, 1.82) is 0 Å². The van der Waals surface area contributed by atoms with Crippen LogP contribution >= 0.6 is 0 Å². The summed E-state index contributed by atoms with van der Waals surface area (Å²) in [4.78, 5) is 32.9. The van der Waals surface area contributed by atoms with Gasteiger partial charge in [-0.15, -0.1) is 0 Å². The van der Waals surface area contributed by atoms with E-state index < -0.39 is 17.4 Å². The van der Waals surface area contributed by atoms with E-state index in [2.05, 4.69) is 27.4 Å². The van der Waals surface area contributed by atoms with Crippen LogP contribution in [-0.2, 0) is 14.3 Å². The van der Waals surface area contributed by atoms with E-state index in [-0.39, 0.29) is 30.5 Å². The number of benzene rings is 1. The number of hydrogen-bond acceptors (Lipinski definition) is 7. The highest BCUT2D eigenvalue weighted by molar-refractivity contribution is 5.75. The molecule has 1 fully saturated rings. The van der Waals surface area contributed by atoms with Crippen LogP contribution in [0.5, 0.6) is 0 Å². The van der Waals surface area contributed by atoms with Crippen molar-refractivity contribution in [3.8, 4) is 17.5 Å². The van der Waals surface area contributed by atoms with Gasteiger partial charge in [0.2, 0.25) is 6.41 Å². The van der Waals surface area contributed by atoms with Crippen LogP contribution in [0.1, 0.15) is 61.1 Å². The minimum absolute atomic E-state index is 0.0114. The highest BCUT2D eigenvalue weighted by Gasteiger charge is 2.58. The molecule has 1 amide bonds. The molecular weight excluding hydrogens is 498 g/mol. The van der Waals surface area contributed by atoms with Gasteiger partial charge < -0.3 is 20.5 Å². The number of alkyl halides is 2. The van der Waals surface area contributed by atoms with E-state index in [9.17, 15) is 23.5 Å². The Bertz CT molecular complexity index is 1080. The van der Waals surface area contributed by atoms with Gasteiger partial charge in [0.15, 0.2) is 18.2 Å². The van der Waals surface area contributed by atoms with Crippen LogP contribution in [0.15, 0.2) is 30.5 Å². The van der Waals surface area contributed by atoms with Gasteiger partial charge >= 0.3 is 0 Å². The lowest BCUT2D eigenvalue weighted by atomic mass is 10.0. The Hall–Kier alpha value is -3.46. The average molecular weight is 537 g/mol. The number of nitrogens with two attached hydrogens (primary N) is 1. The number of hydrogen-bond donors (Lipinski definition) is 2. The summed E-state index contributed by atoms with van der Waals surface area (Å²) in [6.07, 6.45) is 2.44. The van der Waals surface area contributed by atoms with Crippen molar-refractivity contribution < 1.29 is 33.0 Å². The number of aliphatic hydroxyl groups is 1. The summed E-state index contributed by atoms with van der Waals surface area (Å²) in [5, 5.41) is 14.4. The summed E-state index contributed by atoms with van der Waals surface area (Å²) < 4.78 is 32.7. The van der Waals surface area contributed by atoms with Gasteiger partial charge in [0.05, 0.1) is 11.6 Å². The van der Waals surface area contributed by atoms with Crippen molar-refractivity contribution in [3.63, 3.8) is 0 Å². The second-order valence-electron chi connectivity index (χ2n) is 8.16. The molecule has 1 saturated carbocycles. The number of carbonyl (C=O) groups excluding carboxylic acids is 3. The monoisotopic (exact) mass is 536 g/mol. The molecule has 9 nitrogen and oxygen atoms in total. The summed E-state index contributed by atoms with van der Waals surface area (Å²) in [7, 11) is 5.33. The Labute approximate surface area is 222 Å². The van der Waals surface area contributed by atoms with E-state index in [0.717, 1.165) is 6.61 Å². The van der Waals surface area contributed by atoms with E-state index >= 15 is 0 Å². The number of amides is 1. The van der Waals surface area contributed by atoms with Crippen LogP contribution in [-0.4, -0.2) is 84.6 Å². The Kier molecular flexibility index (Phi) is 15.6. The Morgan fingerprint density at radius 1 is 1.32 bits per heavy atom. The van der Waals surface area contributed by atoms with Crippen molar-refractivity contribution in [1.82, 2.24) is 14.7 Å². The zero-order chi connectivity index (χ0) is 29.4. The van der Waals surface area contributed by atoms with Gasteiger partial charge in [-0.25, -0.2) is 13.5 Å². The molecule has 2 aromatic rings. The molecule has 0 bridgehead atoms. The number of methoxy groups -OCH3 is 1. The molecule has 3 N–H and O–H groups in total. The summed E-state index contributed by atoms with van der Waals surface area (Å²) in [6, 6.07) is 6.71. The molecule has 3 rings (SSSR count). The minimum atomic E-state index is -2.80. The normalized spacial score (nSPS) is 15.9. The summed E-state index contributed by atoms with van der Waals surface area (Å²) in [5.74, 6) is 1.57. The van der Waals surface area contributed by atoms with E-state index in [0.29, 0.717) is 30.4 Å². The van der Waals surface area contributed by atoms with Crippen molar-refractivity contribution in [3.05, 3.63) is 47.3 Å². The van der Waals surface area contributed by atoms with E-state index in [1.165, 1.54) is 10.9 Å². The summed E-state index contributed by atoms with van der Waals surface area (Å²) in [6.45, 7) is 7.26. The fourth-order valence-corrected chi connectivity index (χ4v) is 2.90. The fraction of sp³-hybridized carbons (Fsp3) is 0.481. The van der Waals surface area contributed by atoms with Crippen LogP contribution < -0.4 is 5.73 Å². The van der Waals surface area contributed by atoms with Crippen molar-refractivity contribution in [2.45, 2.75) is 51.1 Å². The molecule has 0 saturated heterocycles. The molecule has 0 spiro atoms. The molecule has 210 valence electrons.